The maximum Gasteiger partial charge on any atom is 0.408 e. The van der Waals surface area contributed by atoms with Crippen LogP contribution in [0, 0.1) is 6.92 Å². The molecule has 2 aromatic rings. The molecule has 0 saturated heterocycles. The molecular formula is C15H15F3N4O2. The predicted octanol–water partition coefficient (Wildman–Crippen LogP) is 2.10. The van der Waals surface area contributed by atoms with Crippen molar-refractivity contribution in [2.75, 3.05) is 4.90 Å². The molecule has 3 rings (SSSR count). The number of amides is 1. The van der Waals surface area contributed by atoms with Crippen LogP contribution in [0.5, 0.6) is 0 Å². The summed E-state index contributed by atoms with van der Waals surface area (Å²) in [7, 11) is 0. The van der Waals surface area contributed by atoms with E-state index in [4.69, 9.17) is 0 Å². The van der Waals surface area contributed by atoms with Crippen molar-refractivity contribution in [2.45, 2.75) is 39.7 Å². The van der Waals surface area contributed by atoms with Crippen LogP contribution < -0.4 is 10.5 Å². The van der Waals surface area contributed by atoms with Gasteiger partial charge >= 0.3 is 6.18 Å². The van der Waals surface area contributed by atoms with Gasteiger partial charge in [0.25, 0.3) is 11.5 Å². The first-order chi connectivity index (χ1) is 11.2. The molecule has 0 bridgehead atoms. The summed E-state index contributed by atoms with van der Waals surface area (Å²) >= 11 is 0. The summed E-state index contributed by atoms with van der Waals surface area (Å²) in [5.41, 5.74) is 1.65. The molecule has 24 heavy (non-hydrogen) atoms. The van der Waals surface area contributed by atoms with Crippen LogP contribution in [-0.2, 0) is 19.6 Å². The first kappa shape index (κ1) is 16.3. The van der Waals surface area contributed by atoms with E-state index in [-0.39, 0.29) is 23.7 Å². The zero-order valence-corrected chi connectivity index (χ0v) is 13.1. The van der Waals surface area contributed by atoms with Crippen LogP contribution in [-0.4, -0.2) is 26.4 Å². The van der Waals surface area contributed by atoms with E-state index in [0.29, 0.717) is 23.4 Å². The lowest BCUT2D eigenvalue weighted by atomic mass is 10.1. The molecule has 1 aliphatic heterocycles. The Kier molecular flexibility index (Phi) is 3.73. The Morgan fingerprint density at radius 2 is 2.00 bits per heavy atom. The molecular weight excluding hydrogens is 325 g/mol. The number of aromatic nitrogens is 3. The van der Waals surface area contributed by atoms with Crippen molar-refractivity contribution < 1.29 is 18.0 Å². The van der Waals surface area contributed by atoms with E-state index in [2.05, 4.69) is 5.10 Å². The number of anilines is 1. The molecule has 128 valence electrons. The van der Waals surface area contributed by atoms with E-state index in [1.807, 2.05) is 0 Å². The molecule has 3 heterocycles. The van der Waals surface area contributed by atoms with Crippen LogP contribution >= 0.6 is 0 Å². The first-order valence-electron chi connectivity index (χ1n) is 7.35. The maximum atomic E-state index is 12.6. The Hall–Kier alpha value is -2.58. The van der Waals surface area contributed by atoms with Crippen LogP contribution in [0.15, 0.2) is 23.3 Å². The molecule has 0 radical (unpaired) electrons. The Bertz CT molecular complexity index is 867. The second-order valence-electron chi connectivity index (χ2n) is 5.62. The fourth-order valence-electron chi connectivity index (χ4n) is 2.99. The average Bonchev–Trinajstić information content (AvgIpc) is 3.02. The van der Waals surface area contributed by atoms with Gasteiger partial charge in [0, 0.05) is 24.5 Å². The Morgan fingerprint density at radius 3 is 2.62 bits per heavy atom. The molecule has 9 heteroatoms. The number of pyridine rings is 1. The Balaban J connectivity index is 1.95. The van der Waals surface area contributed by atoms with Crippen molar-refractivity contribution in [2.24, 2.45) is 0 Å². The highest BCUT2D eigenvalue weighted by atomic mass is 19.4. The van der Waals surface area contributed by atoms with Crippen LogP contribution in [0.3, 0.4) is 0 Å². The summed E-state index contributed by atoms with van der Waals surface area (Å²) in [6, 6.07) is 1.41. The lowest BCUT2D eigenvalue weighted by Gasteiger charge is -2.13. The van der Waals surface area contributed by atoms with E-state index in [0.717, 1.165) is 4.68 Å². The normalized spacial score (nSPS) is 14.4. The Morgan fingerprint density at radius 1 is 1.29 bits per heavy atom. The number of carbonyl (C=O) groups is 1. The highest BCUT2D eigenvalue weighted by molar-refractivity contribution is 6.10. The van der Waals surface area contributed by atoms with Crippen molar-refractivity contribution in [3.8, 4) is 0 Å². The number of carbonyl (C=O) groups excluding carboxylic acids is 1. The number of rotatable bonds is 3. The zero-order valence-electron chi connectivity index (χ0n) is 13.1. The molecule has 0 atom stereocenters. The fourth-order valence-corrected chi connectivity index (χ4v) is 2.99. The molecule has 6 nitrogen and oxygen atoms in total. The third-order valence-corrected chi connectivity index (χ3v) is 4.03. The average molecular weight is 340 g/mol. The van der Waals surface area contributed by atoms with E-state index in [9.17, 15) is 22.8 Å². The number of fused-ring (bicyclic) bond motifs is 1. The molecule has 0 spiro atoms. The largest absolute Gasteiger partial charge is 0.408 e. The molecule has 0 unspecified atom stereocenters. The van der Waals surface area contributed by atoms with Gasteiger partial charge in [-0.25, -0.2) is 0 Å². The minimum absolute atomic E-state index is 0.145. The van der Waals surface area contributed by atoms with Crippen molar-refractivity contribution in [1.29, 1.82) is 0 Å². The van der Waals surface area contributed by atoms with Crippen LogP contribution in [0.1, 0.15) is 28.5 Å². The van der Waals surface area contributed by atoms with E-state index in [1.165, 1.54) is 27.9 Å². The van der Waals surface area contributed by atoms with E-state index in [1.54, 1.807) is 13.8 Å². The third-order valence-electron chi connectivity index (χ3n) is 4.03. The predicted molar refractivity (Wildman–Crippen MR) is 79.9 cm³/mol. The molecule has 0 saturated carbocycles. The van der Waals surface area contributed by atoms with Gasteiger partial charge in [-0.1, -0.05) is 0 Å². The summed E-state index contributed by atoms with van der Waals surface area (Å²) in [4.78, 5) is 26.0. The van der Waals surface area contributed by atoms with Gasteiger partial charge in [0.1, 0.15) is 6.54 Å². The van der Waals surface area contributed by atoms with Gasteiger partial charge in [0.05, 0.1) is 24.0 Å². The Labute approximate surface area is 135 Å². The standard InChI is InChI=1S/C15H15F3N4O2/c1-3-21-9(2)13-10(4-12(21)23)6-22(14(13)24)11-5-19-20(7-11)8-15(16,17)18/h4-5,7H,3,6,8H2,1-2H3. The minimum atomic E-state index is -4.39. The lowest BCUT2D eigenvalue weighted by Crippen LogP contribution is -2.25. The number of halogens is 3. The molecule has 2 aromatic heterocycles. The third kappa shape index (κ3) is 2.70. The molecule has 1 amide bonds. The molecule has 0 aliphatic carbocycles. The second kappa shape index (κ2) is 5.50. The molecule has 0 N–H and O–H groups in total. The van der Waals surface area contributed by atoms with Gasteiger partial charge < -0.3 is 9.47 Å². The smallest absolute Gasteiger partial charge is 0.312 e. The number of hydrogen-bond acceptors (Lipinski definition) is 3. The summed E-state index contributed by atoms with van der Waals surface area (Å²) in [6.45, 7) is 2.86. The fraction of sp³-hybridized carbons (Fsp3) is 0.400. The summed E-state index contributed by atoms with van der Waals surface area (Å²) in [5, 5.41) is 3.65. The monoisotopic (exact) mass is 340 g/mol. The minimum Gasteiger partial charge on any atom is -0.312 e. The highest BCUT2D eigenvalue weighted by Gasteiger charge is 2.33. The number of alkyl halides is 3. The van der Waals surface area contributed by atoms with E-state index < -0.39 is 12.7 Å². The summed E-state index contributed by atoms with van der Waals surface area (Å²) in [5.74, 6) is -0.337. The van der Waals surface area contributed by atoms with E-state index >= 15 is 0 Å². The van der Waals surface area contributed by atoms with Gasteiger partial charge in [-0.15, -0.1) is 0 Å². The number of nitrogens with zero attached hydrogens (tertiary/aromatic N) is 4. The van der Waals surface area contributed by atoms with Crippen LogP contribution in [0.25, 0.3) is 0 Å². The number of hydrogen-bond donors (Lipinski definition) is 0. The van der Waals surface area contributed by atoms with Crippen LogP contribution in [0.4, 0.5) is 18.9 Å². The highest BCUT2D eigenvalue weighted by Crippen LogP contribution is 2.29. The lowest BCUT2D eigenvalue weighted by molar-refractivity contribution is -0.142. The molecule has 1 aliphatic rings. The van der Waals surface area contributed by atoms with Gasteiger partial charge in [-0.3, -0.25) is 14.3 Å². The summed E-state index contributed by atoms with van der Waals surface area (Å²) in [6.07, 6.45) is -1.99. The quantitative estimate of drug-likeness (QED) is 0.860. The van der Waals surface area contributed by atoms with Gasteiger partial charge in [0.2, 0.25) is 0 Å². The maximum absolute atomic E-state index is 12.6. The zero-order chi connectivity index (χ0) is 17.6. The van der Waals surface area contributed by atoms with Crippen molar-refractivity contribution in [1.82, 2.24) is 14.3 Å². The van der Waals surface area contributed by atoms with Gasteiger partial charge in [-0.05, 0) is 19.4 Å². The molecule has 0 aromatic carbocycles. The van der Waals surface area contributed by atoms with Gasteiger partial charge in [0.15, 0.2) is 0 Å². The van der Waals surface area contributed by atoms with Crippen LogP contribution in [0.2, 0.25) is 0 Å². The SMILES string of the molecule is CCn1c(C)c2c(cc1=O)CN(c1cnn(CC(F)(F)F)c1)C2=O. The van der Waals surface area contributed by atoms with Crippen molar-refractivity contribution in [3.05, 3.63) is 45.6 Å². The second-order valence-corrected chi connectivity index (χ2v) is 5.62. The van der Waals surface area contributed by atoms with Crippen molar-refractivity contribution in [3.63, 3.8) is 0 Å². The molecule has 0 fully saturated rings. The summed E-state index contributed by atoms with van der Waals surface area (Å²) < 4.78 is 39.5. The van der Waals surface area contributed by atoms with Gasteiger partial charge in [-0.2, -0.15) is 18.3 Å². The topological polar surface area (TPSA) is 60.1 Å². The van der Waals surface area contributed by atoms with Crippen molar-refractivity contribution >= 4 is 11.6 Å². The first-order valence-corrected chi connectivity index (χ1v) is 7.35.